The first-order valence-electron chi connectivity index (χ1n) is 9.59. The van der Waals surface area contributed by atoms with Crippen LogP contribution in [0.25, 0.3) is 11.4 Å². The molecule has 1 aromatic carbocycles. The zero-order chi connectivity index (χ0) is 17.9. The fourth-order valence-electron chi connectivity index (χ4n) is 4.02. The Morgan fingerprint density at radius 3 is 2.50 bits per heavy atom. The molecule has 0 spiro atoms. The lowest BCUT2D eigenvalue weighted by Crippen LogP contribution is -3.13. The van der Waals surface area contributed by atoms with Gasteiger partial charge in [-0.3, -0.25) is 4.57 Å². The molecule has 0 amide bonds. The highest BCUT2D eigenvalue weighted by Crippen LogP contribution is 2.32. The van der Waals surface area contributed by atoms with Gasteiger partial charge in [-0.05, 0) is 37.2 Å². The average Bonchev–Trinajstić information content (AvgIpc) is 3.00. The van der Waals surface area contributed by atoms with E-state index in [2.05, 4.69) is 44.8 Å². The number of ether oxygens (including phenoxy) is 1. The second kappa shape index (κ2) is 8.33. The Balaban J connectivity index is 1.71. The normalized spacial score (nSPS) is 19.7. The van der Waals surface area contributed by atoms with Crippen LogP contribution in [0.5, 0.6) is 0 Å². The van der Waals surface area contributed by atoms with Crippen molar-refractivity contribution in [2.45, 2.75) is 44.8 Å². The molecule has 1 aliphatic heterocycles. The maximum absolute atomic E-state index is 5.90. The molecule has 1 saturated carbocycles. The predicted octanol–water partition coefficient (Wildman–Crippen LogP) is 3.22. The lowest BCUT2D eigenvalue weighted by atomic mass is 9.95. The third-order valence-electron chi connectivity index (χ3n) is 5.49. The topological polar surface area (TPSA) is 36.4 Å². The molecule has 0 bridgehead atoms. The van der Waals surface area contributed by atoms with E-state index in [1.807, 2.05) is 4.68 Å². The largest absolute Gasteiger partial charge is 0.370 e. The van der Waals surface area contributed by atoms with Crippen molar-refractivity contribution < 1.29 is 9.64 Å². The highest BCUT2D eigenvalue weighted by molar-refractivity contribution is 9.10. The number of nitrogens with zero attached hydrogens (tertiary/aromatic N) is 3. The van der Waals surface area contributed by atoms with Gasteiger partial charge >= 0.3 is 0 Å². The average molecular weight is 438 g/mol. The maximum Gasteiger partial charge on any atom is 0.203 e. The van der Waals surface area contributed by atoms with Crippen molar-refractivity contribution in [1.29, 1.82) is 0 Å². The first-order valence-corrected chi connectivity index (χ1v) is 10.8. The standard InChI is InChI=1S/C19H25BrN4OS/c20-16-8-6-15(7-9-16)18-21-23(14-22-10-12-25-13-11-22)19(26)24(18)17-4-2-1-3-5-17/h6-9,17H,1-5,10-14H2/p+1. The summed E-state index contributed by atoms with van der Waals surface area (Å²) in [5.41, 5.74) is 1.14. The van der Waals surface area contributed by atoms with E-state index in [0.29, 0.717) is 6.04 Å². The lowest BCUT2D eigenvalue weighted by molar-refractivity contribution is -0.930. The molecule has 1 saturated heterocycles. The van der Waals surface area contributed by atoms with Gasteiger partial charge in [-0.2, -0.15) is 4.68 Å². The number of hydrogen-bond donors (Lipinski definition) is 1. The molecule has 1 N–H and O–H groups in total. The van der Waals surface area contributed by atoms with E-state index >= 15 is 0 Å². The van der Waals surface area contributed by atoms with E-state index in [9.17, 15) is 0 Å². The monoisotopic (exact) mass is 437 g/mol. The van der Waals surface area contributed by atoms with Gasteiger partial charge < -0.3 is 9.64 Å². The van der Waals surface area contributed by atoms with Crippen LogP contribution in [0.4, 0.5) is 0 Å². The molecule has 2 fully saturated rings. The molecule has 0 radical (unpaired) electrons. The Kier molecular flexibility index (Phi) is 5.88. The Hall–Kier alpha value is -1.02. The zero-order valence-corrected chi connectivity index (χ0v) is 17.4. The highest BCUT2D eigenvalue weighted by atomic mass is 79.9. The number of quaternary nitrogens is 1. The molecule has 0 unspecified atom stereocenters. The van der Waals surface area contributed by atoms with Crippen molar-refractivity contribution in [3.05, 3.63) is 33.5 Å². The second-order valence-electron chi connectivity index (χ2n) is 7.29. The number of halogens is 1. The van der Waals surface area contributed by atoms with Crippen LogP contribution in [0.3, 0.4) is 0 Å². The second-order valence-corrected chi connectivity index (χ2v) is 8.58. The summed E-state index contributed by atoms with van der Waals surface area (Å²) in [6, 6.07) is 8.90. The molecular formula is C19H26BrN4OS+. The van der Waals surface area contributed by atoms with Crippen molar-refractivity contribution in [2.75, 3.05) is 26.3 Å². The van der Waals surface area contributed by atoms with E-state index in [-0.39, 0.29) is 0 Å². The third kappa shape index (κ3) is 3.96. The van der Waals surface area contributed by atoms with Crippen LogP contribution < -0.4 is 4.90 Å². The number of benzene rings is 1. The van der Waals surface area contributed by atoms with E-state index in [0.717, 1.165) is 53.6 Å². The van der Waals surface area contributed by atoms with Crippen LogP contribution in [0.15, 0.2) is 28.7 Å². The Labute approximate surface area is 168 Å². The van der Waals surface area contributed by atoms with Crippen molar-refractivity contribution in [3.8, 4) is 11.4 Å². The summed E-state index contributed by atoms with van der Waals surface area (Å²) in [7, 11) is 0. The van der Waals surface area contributed by atoms with Gasteiger partial charge in [0, 0.05) is 16.1 Å². The highest BCUT2D eigenvalue weighted by Gasteiger charge is 2.24. The van der Waals surface area contributed by atoms with Crippen LogP contribution in [0.1, 0.15) is 38.1 Å². The molecule has 2 heterocycles. The summed E-state index contributed by atoms with van der Waals surface area (Å²) < 4.78 is 11.8. The Morgan fingerprint density at radius 2 is 1.81 bits per heavy atom. The molecule has 140 valence electrons. The summed E-state index contributed by atoms with van der Waals surface area (Å²) in [4.78, 5) is 1.49. The molecule has 1 aromatic heterocycles. The van der Waals surface area contributed by atoms with Crippen LogP contribution >= 0.6 is 28.1 Å². The number of hydrogen-bond acceptors (Lipinski definition) is 3. The molecule has 2 aliphatic rings. The van der Waals surface area contributed by atoms with Gasteiger partial charge in [-0.1, -0.05) is 47.3 Å². The fourth-order valence-corrected chi connectivity index (χ4v) is 4.62. The smallest absolute Gasteiger partial charge is 0.203 e. The van der Waals surface area contributed by atoms with Crippen LogP contribution in [-0.2, 0) is 11.4 Å². The SMILES string of the molecule is S=c1n(C[NH+]2CCOCC2)nc(-c2ccc(Br)cc2)n1C1CCCCC1. The summed E-state index contributed by atoms with van der Waals surface area (Å²) in [5, 5.41) is 4.98. The minimum atomic E-state index is 0.475. The van der Waals surface area contributed by atoms with Gasteiger partial charge in [0.05, 0.1) is 13.2 Å². The number of nitrogens with one attached hydrogen (secondary N) is 1. The molecule has 7 heteroatoms. The number of aromatic nitrogens is 3. The Bertz CT molecular complexity index is 789. The molecule has 1 aliphatic carbocycles. The minimum absolute atomic E-state index is 0.475. The van der Waals surface area contributed by atoms with E-state index in [1.165, 1.54) is 37.0 Å². The molecular weight excluding hydrogens is 412 g/mol. The minimum Gasteiger partial charge on any atom is -0.370 e. The van der Waals surface area contributed by atoms with E-state index < -0.39 is 0 Å². The van der Waals surface area contributed by atoms with Crippen LogP contribution in [-0.4, -0.2) is 40.7 Å². The first kappa shape index (κ1) is 18.3. The van der Waals surface area contributed by atoms with E-state index in [4.69, 9.17) is 22.1 Å². The molecule has 26 heavy (non-hydrogen) atoms. The van der Waals surface area contributed by atoms with Crippen LogP contribution in [0.2, 0.25) is 0 Å². The summed E-state index contributed by atoms with van der Waals surface area (Å²) in [6.07, 6.45) is 6.31. The lowest BCUT2D eigenvalue weighted by Gasteiger charge is -2.24. The van der Waals surface area contributed by atoms with Crippen molar-refractivity contribution in [2.24, 2.45) is 0 Å². The molecule has 4 rings (SSSR count). The Morgan fingerprint density at radius 1 is 1.12 bits per heavy atom. The maximum atomic E-state index is 5.90. The quantitative estimate of drug-likeness (QED) is 0.745. The first-order chi connectivity index (χ1) is 12.7. The predicted molar refractivity (Wildman–Crippen MR) is 108 cm³/mol. The van der Waals surface area contributed by atoms with Gasteiger partial charge in [0.2, 0.25) is 4.77 Å². The van der Waals surface area contributed by atoms with Gasteiger partial charge in [0.25, 0.3) is 0 Å². The zero-order valence-electron chi connectivity index (χ0n) is 15.0. The van der Waals surface area contributed by atoms with Gasteiger partial charge in [-0.15, -0.1) is 5.10 Å². The molecule has 5 nitrogen and oxygen atoms in total. The number of morpholine rings is 1. The van der Waals surface area contributed by atoms with Gasteiger partial charge in [-0.25, -0.2) is 0 Å². The van der Waals surface area contributed by atoms with Crippen molar-refractivity contribution in [1.82, 2.24) is 14.3 Å². The third-order valence-corrected chi connectivity index (χ3v) is 6.42. The molecule has 0 atom stereocenters. The number of rotatable bonds is 4. The summed E-state index contributed by atoms with van der Waals surface area (Å²) in [5.74, 6) is 1.02. The van der Waals surface area contributed by atoms with E-state index in [1.54, 1.807) is 0 Å². The van der Waals surface area contributed by atoms with Crippen molar-refractivity contribution in [3.63, 3.8) is 0 Å². The molecule has 2 aromatic rings. The fraction of sp³-hybridized carbons (Fsp3) is 0.579. The van der Waals surface area contributed by atoms with Gasteiger partial charge in [0.1, 0.15) is 13.1 Å². The summed E-state index contributed by atoms with van der Waals surface area (Å²) >= 11 is 9.43. The van der Waals surface area contributed by atoms with Gasteiger partial charge in [0.15, 0.2) is 12.5 Å². The summed E-state index contributed by atoms with van der Waals surface area (Å²) in [6.45, 7) is 4.51. The van der Waals surface area contributed by atoms with Crippen molar-refractivity contribution >= 4 is 28.1 Å². The van der Waals surface area contributed by atoms with Crippen LogP contribution in [0, 0.1) is 4.77 Å².